The van der Waals surface area contributed by atoms with Gasteiger partial charge in [-0.2, -0.15) is 0 Å². The standard InChI is InChI=1S/C13H23N3/c1-10-5-4-6-12(10)9-15-11(2)13-14-7-8-16(13)3/h7-8,10-12,15H,4-6,9H2,1-3H3. The number of nitrogens with zero attached hydrogens (tertiary/aromatic N) is 2. The van der Waals surface area contributed by atoms with Crippen molar-refractivity contribution >= 4 is 0 Å². The van der Waals surface area contributed by atoms with E-state index in [0.29, 0.717) is 6.04 Å². The second-order valence-corrected chi connectivity index (χ2v) is 5.19. The van der Waals surface area contributed by atoms with Gasteiger partial charge in [0, 0.05) is 19.4 Å². The van der Waals surface area contributed by atoms with E-state index >= 15 is 0 Å². The van der Waals surface area contributed by atoms with E-state index in [1.54, 1.807) is 0 Å². The largest absolute Gasteiger partial charge is 0.337 e. The summed E-state index contributed by atoms with van der Waals surface area (Å²) in [5, 5.41) is 3.61. The normalized spacial score (nSPS) is 27.2. The van der Waals surface area contributed by atoms with Gasteiger partial charge in [-0.1, -0.05) is 19.8 Å². The molecule has 0 aromatic carbocycles. The molecule has 16 heavy (non-hydrogen) atoms. The third kappa shape index (κ3) is 2.46. The minimum atomic E-state index is 0.354. The van der Waals surface area contributed by atoms with Crippen LogP contribution in [0, 0.1) is 11.8 Å². The van der Waals surface area contributed by atoms with Crippen LogP contribution in [-0.2, 0) is 7.05 Å². The molecule has 1 aliphatic carbocycles. The molecule has 1 fully saturated rings. The van der Waals surface area contributed by atoms with Crippen molar-refractivity contribution in [2.45, 2.75) is 39.2 Å². The third-order valence-electron chi connectivity index (χ3n) is 3.97. The van der Waals surface area contributed by atoms with Crippen LogP contribution in [-0.4, -0.2) is 16.1 Å². The van der Waals surface area contributed by atoms with E-state index in [0.717, 1.165) is 24.2 Å². The average molecular weight is 221 g/mol. The highest BCUT2D eigenvalue weighted by molar-refractivity contribution is 4.97. The average Bonchev–Trinajstić information content (AvgIpc) is 2.84. The van der Waals surface area contributed by atoms with E-state index in [1.165, 1.54) is 19.3 Å². The number of rotatable bonds is 4. The Bertz CT molecular complexity index is 332. The summed E-state index contributed by atoms with van der Waals surface area (Å²) in [6.07, 6.45) is 8.08. The summed E-state index contributed by atoms with van der Waals surface area (Å²) in [5.41, 5.74) is 0. The molecule has 1 saturated carbocycles. The maximum atomic E-state index is 4.38. The van der Waals surface area contributed by atoms with Gasteiger partial charge in [-0.05, 0) is 31.7 Å². The summed E-state index contributed by atoms with van der Waals surface area (Å²) >= 11 is 0. The highest BCUT2D eigenvalue weighted by Gasteiger charge is 2.23. The van der Waals surface area contributed by atoms with Crippen molar-refractivity contribution in [3.05, 3.63) is 18.2 Å². The Hall–Kier alpha value is -0.830. The first-order chi connectivity index (χ1) is 7.68. The van der Waals surface area contributed by atoms with E-state index in [-0.39, 0.29) is 0 Å². The molecule has 0 aliphatic heterocycles. The van der Waals surface area contributed by atoms with Crippen LogP contribution in [0.5, 0.6) is 0 Å². The molecule has 3 heteroatoms. The van der Waals surface area contributed by atoms with Gasteiger partial charge in [0.25, 0.3) is 0 Å². The molecule has 0 bridgehead atoms. The first-order valence-corrected chi connectivity index (χ1v) is 6.39. The molecule has 2 rings (SSSR count). The maximum absolute atomic E-state index is 4.38. The van der Waals surface area contributed by atoms with Crippen LogP contribution in [0.25, 0.3) is 0 Å². The lowest BCUT2D eigenvalue weighted by atomic mass is 9.98. The number of nitrogens with one attached hydrogen (secondary N) is 1. The maximum Gasteiger partial charge on any atom is 0.125 e. The fraction of sp³-hybridized carbons (Fsp3) is 0.769. The van der Waals surface area contributed by atoms with E-state index in [1.807, 2.05) is 12.4 Å². The smallest absolute Gasteiger partial charge is 0.125 e. The van der Waals surface area contributed by atoms with Gasteiger partial charge >= 0.3 is 0 Å². The number of aromatic nitrogens is 2. The molecule has 0 saturated heterocycles. The van der Waals surface area contributed by atoms with Crippen LogP contribution >= 0.6 is 0 Å². The van der Waals surface area contributed by atoms with Crippen LogP contribution in [0.4, 0.5) is 0 Å². The fourth-order valence-corrected chi connectivity index (χ4v) is 2.74. The van der Waals surface area contributed by atoms with Gasteiger partial charge in [0.2, 0.25) is 0 Å². The molecule has 3 unspecified atom stereocenters. The van der Waals surface area contributed by atoms with Crippen LogP contribution < -0.4 is 5.32 Å². The minimum absolute atomic E-state index is 0.354. The van der Waals surface area contributed by atoms with E-state index in [4.69, 9.17) is 0 Å². The van der Waals surface area contributed by atoms with Crippen LogP contribution in [0.2, 0.25) is 0 Å². The zero-order valence-corrected chi connectivity index (χ0v) is 10.6. The zero-order chi connectivity index (χ0) is 11.5. The van der Waals surface area contributed by atoms with Gasteiger partial charge in [0.1, 0.15) is 5.82 Å². The van der Waals surface area contributed by atoms with Crippen molar-refractivity contribution in [2.75, 3.05) is 6.54 Å². The van der Waals surface area contributed by atoms with E-state index in [9.17, 15) is 0 Å². The van der Waals surface area contributed by atoms with Crippen molar-refractivity contribution in [1.29, 1.82) is 0 Å². The monoisotopic (exact) mass is 221 g/mol. The van der Waals surface area contributed by atoms with Crippen molar-refractivity contribution in [3.8, 4) is 0 Å². The number of imidazole rings is 1. The summed E-state index contributed by atoms with van der Waals surface area (Å²) in [7, 11) is 2.05. The van der Waals surface area contributed by atoms with Crippen LogP contribution in [0.3, 0.4) is 0 Å². The predicted octanol–water partition coefficient (Wildman–Crippen LogP) is 2.51. The summed E-state index contributed by atoms with van der Waals surface area (Å²) in [6.45, 7) is 5.71. The lowest BCUT2D eigenvalue weighted by Gasteiger charge is -2.19. The minimum Gasteiger partial charge on any atom is -0.337 e. The summed E-state index contributed by atoms with van der Waals surface area (Å²) in [4.78, 5) is 4.38. The summed E-state index contributed by atoms with van der Waals surface area (Å²) in [6, 6.07) is 0.354. The molecule has 0 spiro atoms. The van der Waals surface area contributed by atoms with Crippen molar-refractivity contribution in [1.82, 2.24) is 14.9 Å². The van der Waals surface area contributed by atoms with Gasteiger partial charge in [0.05, 0.1) is 6.04 Å². The molecule has 1 aromatic rings. The van der Waals surface area contributed by atoms with Crippen molar-refractivity contribution in [3.63, 3.8) is 0 Å². The van der Waals surface area contributed by atoms with Crippen LogP contribution in [0.15, 0.2) is 12.4 Å². The molecular formula is C13H23N3. The van der Waals surface area contributed by atoms with Gasteiger partial charge < -0.3 is 9.88 Å². The second kappa shape index (κ2) is 5.00. The zero-order valence-electron chi connectivity index (χ0n) is 10.6. The van der Waals surface area contributed by atoms with E-state index < -0.39 is 0 Å². The Morgan fingerprint density at radius 1 is 1.56 bits per heavy atom. The molecule has 0 amide bonds. The first-order valence-electron chi connectivity index (χ1n) is 6.39. The fourth-order valence-electron chi connectivity index (χ4n) is 2.74. The predicted molar refractivity (Wildman–Crippen MR) is 66.1 cm³/mol. The Kier molecular flexibility index (Phi) is 3.64. The number of aryl methyl sites for hydroxylation is 1. The first kappa shape index (κ1) is 11.6. The topological polar surface area (TPSA) is 29.9 Å². The van der Waals surface area contributed by atoms with Crippen molar-refractivity contribution in [2.24, 2.45) is 18.9 Å². The highest BCUT2D eigenvalue weighted by atomic mass is 15.1. The van der Waals surface area contributed by atoms with Crippen molar-refractivity contribution < 1.29 is 0 Å². The molecule has 3 atom stereocenters. The molecule has 1 aromatic heterocycles. The van der Waals surface area contributed by atoms with Gasteiger partial charge in [-0.15, -0.1) is 0 Å². The third-order valence-corrected chi connectivity index (χ3v) is 3.97. The second-order valence-electron chi connectivity index (χ2n) is 5.19. The molecule has 1 N–H and O–H groups in total. The van der Waals surface area contributed by atoms with E-state index in [2.05, 4.69) is 35.8 Å². The molecule has 3 nitrogen and oxygen atoms in total. The molecular weight excluding hydrogens is 198 g/mol. The lowest BCUT2D eigenvalue weighted by molar-refractivity contribution is 0.369. The van der Waals surface area contributed by atoms with Crippen LogP contribution in [0.1, 0.15) is 45.0 Å². The molecule has 90 valence electrons. The summed E-state index contributed by atoms with van der Waals surface area (Å²) < 4.78 is 2.09. The molecule has 1 heterocycles. The molecule has 0 radical (unpaired) electrons. The Labute approximate surface area is 98.3 Å². The SMILES string of the molecule is CC(NCC1CCCC1C)c1nccn1C. The summed E-state index contributed by atoms with van der Waals surface area (Å²) in [5.74, 6) is 2.88. The van der Waals surface area contributed by atoms with Gasteiger partial charge in [-0.25, -0.2) is 4.98 Å². The van der Waals surface area contributed by atoms with Gasteiger partial charge in [0.15, 0.2) is 0 Å². The highest BCUT2D eigenvalue weighted by Crippen LogP contribution is 2.30. The quantitative estimate of drug-likeness (QED) is 0.846. The Morgan fingerprint density at radius 2 is 2.38 bits per heavy atom. The molecule has 1 aliphatic rings. The Morgan fingerprint density at radius 3 is 2.94 bits per heavy atom. The van der Waals surface area contributed by atoms with Gasteiger partial charge in [-0.3, -0.25) is 0 Å². The number of hydrogen-bond acceptors (Lipinski definition) is 2. The number of hydrogen-bond donors (Lipinski definition) is 1. The Balaban J connectivity index is 1.84. The lowest BCUT2D eigenvalue weighted by Crippen LogP contribution is -2.28.